The van der Waals surface area contributed by atoms with Crippen LogP contribution in [0.5, 0.6) is 0 Å². The molecule has 0 aliphatic carbocycles. The van der Waals surface area contributed by atoms with E-state index >= 15 is 0 Å². The van der Waals surface area contributed by atoms with Crippen molar-refractivity contribution in [3.05, 3.63) is 0 Å². The topological polar surface area (TPSA) is 49.4 Å². The minimum Gasteiger partial charge on any atom is -0.779 e. The van der Waals surface area contributed by atoms with E-state index in [-0.39, 0.29) is 35.7 Å². The monoisotopic (exact) mass is 160 g/mol. The summed E-state index contributed by atoms with van der Waals surface area (Å²) in [7, 11) is -3.47. The Kier molecular flexibility index (Phi) is 6.95. The molecule has 0 amide bonds. The van der Waals surface area contributed by atoms with Crippen molar-refractivity contribution in [1.29, 1.82) is 0 Å². The van der Waals surface area contributed by atoms with E-state index in [9.17, 15) is 9.46 Å². The summed E-state index contributed by atoms with van der Waals surface area (Å²) in [5.74, 6) is 0. The zero-order valence-corrected chi connectivity index (χ0v) is 9.14. The van der Waals surface area contributed by atoms with Gasteiger partial charge in [-0.05, 0) is 13.8 Å². The Labute approximate surface area is 77.6 Å². The first-order valence-corrected chi connectivity index (χ1v) is 4.38. The van der Waals surface area contributed by atoms with Crippen LogP contribution in [-0.2, 0) is 9.09 Å². The third-order valence-corrected chi connectivity index (χ3v) is 1.21. The summed E-state index contributed by atoms with van der Waals surface area (Å²) in [6, 6.07) is 0. The quantitative estimate of drug-likeness (QED) is 0.334. The Bertz CT molecular complexity index is 108. The molecule has 0 N–H and O–H groups in total. The molecular formula is C4H10NaO3P. The van der Waals surface area contributed by atoms with Gasteiger partial charge in [-0.25, -0.2) is 0 Å². The molecule has 0 heterocycles. The van der Waals surface area contributed by atoms with Crippen molar-refractivity contribution in [2.75, 3.05) is 6.66 Å². The molecule has 0 saturated carbocycles. The van der Waals surface area contributed by atoms with Gasteiger partial charge in [-0.15, -0.1) is 0 Å². The summed E-state index contributed by atoms with van der Waals surface area (Å²) < 4.78 is 14.7. The molecule has 1 unspecified atom stereocenters. The van der Waals surface area contributed by atoms with E-state index in [4.69, 9.17) is 0 Å². The Morgan fingerprint density at radius 2 is 1.89 bits per heavy atom. The van der Waals surface area contributed by atoms with Crippen LogP contribution in [0.4, 0.5) is 0 Å². The van der Waals surface area contributed by atoms with Crippen molar-refractivity contribution in [2.45, 2.75) is 20.0 Å². The molecule has 0 bridgehead atoms. The molecule has 0 aliphatic heterocycles. The number of hydrogen-bond donors (Lipinski definition) is 0. The van der Waals surface area contributed by atoms with Gasteiger partial charge < -0.3 is 14.0 Å². The summed E-state index contributed by atoms with van der Waals surface area (Å²) in [4.78, 5) is 10.2. The van der Waals surface area contributed by atoms with Gasteiger partial charge in [-0.3, -0.25) is 0 Å². The molecule has 0 aromatic heterocycles. The molecule has 1 atom stereocenters. The fourth-order valence-electron chi connectivity index (χ4n) is 0.383. The van der Waals surface area contributed by atoms with E-state index in [1.807, 2.05) is 0 Å². The molecule has 0 saturated heterocycles. The molecule has 0 radical (unpaired) electrons. The maximum absolute atomic E-state index is 10.2. The molecule has 0 fully saturated rings. The van der Waals surface area contributed by atoms with Crippen molar-refractivity contribution in [2.24, 2.45) is 0 Å². The summed E-state index contributed by atoms with van der Waals surface area (Å²) in [6.07, 6.45) is -0.233. The first kappa shape index (κ1) is 12.8. The van der Waals surface area contributed by atoms with Crippen LogP contribution >= 0.6 is 7.60 Å². The van der Waals surface area contributed by atoms with E-state index in [0.29, 0.717) is 0 Å². The predicted octanol–water partition coefficient (Wildman–Crippen LogP) is -2.40. The second-order valence-electron chi connectivity index (χ2n) is 1.93. The van der Waals surface area contributed by atoms with E-state index < -0.39 is 7.60 Å². The SMILES string of the molecule is CC(C)OP(C)(=O)[O-].[Na+]. The minimum atomic E-state index is -3.47. The largest absolute Gasteiger partial charge is 1.00 e. The molecule has 0 rings (SSSR count). The average Bonchev–Trinajstić information content (AvgIpc) is 1.21. The molecule has 0 aliphatic rings. The van der Waals surface area contributed by atoms with Gasteiger partial charge in [0.25, 0.3) is 0 Å². The summed E-state index contributed by atoms with van der Waals surface area (Å²) in [6.45, 7) is 4.41. The van der Waals surface area contributed by atoms with Crippen LogP contribution in [0.15, 0.2) is 0 Å². The zero-order chi connectivity index (χ0) is 6.78. The van der Waals surface area contributed by atoms with Gasteiger partial charge >= 0.3 is 29.6 Å². The Morgan fingerprint density at radius 3 is 1.89 bits per heavy atom. The first-order chi connectivity index (χ1) is 3.42. The van der Waals surface area contributed by atoms with E-state index in [0.717, 1.165) is 6.66 Å². The van der Waals surface area contributed by atoms with Gasteiger partial charge in [-0.1, -0.05) is 0 Å². The fraction of sp³-hybridized carbons (Fsp3) is 1.00. The van der Waals surface area contributed by atoms with Gasteiger partial charge in [-0.2, -0.15) is 0 Å². The standard InChI is InChI=1S/C4H11O3P.Na/c1-4(2)7-8(3,5)6;/h4H,1-3H3,(H,5,6);/q;+1/p-1. The molecule has 50 valence electrons. The van der Waals surface area contributed by atoms with Gasteiger partial charge in [0.15, 0.2) is 0 Å². The van der Waals surface area contributed by atoms with Crippen molar-refractivity contribution >= 4 is 7.60 Å². The van der Waals surface area contributed by atoms with E-state index in [1.54, 1.807) is 13.8 Å². The fourth-order valence-corrected chi connectivity index (χ4v) is 1.15. The van der Waals surface area contributed by atoms with E-state index in [2.05, 4.69) is 4.52 Å². The van der Waals surface area contributed by atoms with E-state index in [1.165, 1.54) is 0 Å². The third-order valence-electron chi connectivity index (χ3n) is 0.402. The smallest absolute Gasteiger partial charge is 0.779 e. The second-order valence-corrected chi connectivity index (χ2v) is 3.68. The van der Waals surface area contributed by atoms with Crippen LogP contribution in [0, 0.1) is 0 Å². The summed E-state index contributed by atoms with van der Waals surface area (Å²) in [5, 5.41) is 0. The molecule has 0 aromatic carbocycles. The van der Waals surface area contributed by atoms with Crippen molar-refractivity contribution in [3.63, 3.8) is 0 Å². The van der Waals surface area contributed by atoms with Crippen molar-refractivity contribution < 1.29 is 43.5 Å². The number of rotatable bonds is 2. The minimum absolute atomic E-state index is 0. The third kappa shape index (κ3) is 12.4. The molecule has 0 spiro atoms. The zero-order valence-electron chi connectivity index (χ0n) is 6.25. The second kappa shape index (κ2) is 4.89. The van der Waals surface area contributed by atoms with Crippen molar-refractivity contribution in [3.8, 4) is 0 Å². The van der Waals surface area contributed by atoms with Gasteiger partial charge in [0.1, 0.15) is 7.60 Å². The van der Waals surface area contributed by atoms with Gasteiger partial charge in [0, 0.05) is 6.66 Å². The Morgan fingerprint density at radius 1 is 1.56 bits per heavy atom. The molecule has 0 aromatic rings. The van der Waals surface area contributed by atoms with Gasteiger partial charge in [0.2, 0.25) is 0 Å². The molecule has 3 nitrogen and oxygen atoms in total. The van der Waals surface area contributed by atoms with Crippen LogP contribution < -0.4 is 34.5 Å². The normalized spacial score (nSPS) is 16.6. The maximum Gasteiger partial charge on any atom is 1.00 e. The first-order valence-electron chi connectivity index (χ1n) is 2.39. The van der Waals surface area contributed by atoms with Gasteiger partial charge in [0.05, 0.1) is 6.10 Å². The van der Waals surface area contributed by atoms with Crippen LogP contribution in [-0.4, -0.2) is 12.8 Å². The predicted molar refractivity (Wildman–Crippen MR) is 29.8 cm³/mol. The summed E-state index contributed by atoms with van der Waals surface area (Å²) in [5.41, 5.74) is 0. The number of hydrogen-bond acceptors (Lipinski definition) is 3. The van der Waals surface area contributed by atoms with Crippen LogP contribution in [0.1, 0.15) is 13.8 Å². The van der Waals surface area contributed by atoms with Crippen LogP contribution in [0.25, 0.3) is 0 Å². The molecular weight excluding hydrogens is 150 g/mol. The maximum atomic E-state index is 10.2. The van der Waals surface area contributed by atoms with Crippen LogP contribution in [0.2, 0.25) is 0 Å². The molecule has 9 heavy (non-hydrogen) atoms. The average molecular weight is 160 g/mol. The molecule has 5 heteroatoms. The van der Waals surface area contributed by atoms with Crippen LogP contribution in [0.3, 0.4) is 0 Å². The Hall–Kier alpha value is 1.15. The summed E-state index contributed by atoms with van der Waals surface area (Å²) >= 11 is 0. The van der Waals surface area contributed by atoms with Crippen molar-refractivity contribution in [1.82, 2.24) is 0 Å². The Balaban J connectivity index is 0.